The maximum atomic E-state index is 11.7. The van der Waals surface area contributed by atoms with Crippen molar-refractivity contribution >= 4 is 5.97 Å². The van der Waals surface area contributed by atoms with Crippen molar-refractivity contribution in [2.75, 3.05) is 6.61 Å². The standard InChI is InChI=1S/C15H26O2/c1-15(2,3)14(16)17-10-13-11-8-6-4-5-7-9-12(11)13/h11-13H,4-10H2,1-3H3/t11-,12+,13?. The van der Waals surface area contributed by atoms with Gasteiger partial charge in [0.25, 0.3) is 0 Å². The number of carbonyl (C=O) groups excluding carboxylic acids is 1. The number of hydrogen-bond acceptors (Lipinski definition) is 2. The molecule has 0 aliphatic heterocycles. The minimum Gasteiger partial charge on any atom is -0.465 e. The van der Waals surface area contributed by atoms with E-state index in [2.05, 4.69) is 0 Å². The number of carbonyl (C=O) groups is 1. The molecule has 3 atom stereocenters. The summed E-state index contributed by atoms with van der Waals surface area (Å²) < 4.78 is 5.47. The first kappa shape index (κ1) is 12.9. The van der Waals surface area contributed by atoms with Crippen LogP contribution in [0.15, 0.2) is 0 Å². The molecule has 2 aliphatic rings. The van der Waals surface area contributed by atoms with Crippen molar-refractivity contribution < 1.29 is 9.53 Å². The van der Waals surface area contributed by atoms with Crippen LogP contribution in [0.2, 0.25) is 0 Å². The number of rotatable bonds is 2. The van der Waals surface area contributed by atoms with E-state index >= 15 is 0 Å². The maximum Gasteiger partial charge on any atom is 0.311 e. The predicted molar refractivity (Wildman–Crippen MR) is 68.6 cm³/mol. The zero-order chi connectivity index (χ0) is 12.5. The molecule has 2 rings (SSSR count). The molecule has 2 nitrogen and oxygen atoms in total. The van der Waals surface area contributed by atoms with Crippen LogP contribution in [-0.2, 0) is 9.53 Å². The van der Waals surface area contributed by atoms with Gasteiger partial charge in [0, 0.05) is 0 Å². The van der Waals surface area contributed by atoms with Gasteiger partial charge < -0.3 is 4.74 Å². The molecule has 0 spiro atoms. The number of esters is 1. The van der Waals surface area contributed by atoms with Crippen molar-refractivity contribution in [3.05, 3.63) is 0 Å². The van der Waals surface area contributed by atoms with Crippen LogP contribution in [0, 0.1) is 23.2 Å². The summed E-state index contributed by atoms with van der Waals surface area (Å²) in [5.74, 6) is 2.36. The molecule has 2 aliphatic carbocycles. The van der Waals surface area contributed by atoms with Crippen LogP contribution in [0.5, 0.6) is 0 Å². The average molecular weight is 238 g/mol. The highest BCUT2D eigenvalue weighted by atomic mass is 16.5. The van der Waals surface area contributed by atoms with Crippen LogP contribution in [0.25, 0.3) is 0 Å². The molecule has 0 aromatic rings. The van der Waals surface area contributed by atoms with Gasteiger partial charge in [-0.2, -0.15) is 0 Å². The lowest BCUT2D eigenvalue weighted by Gasteiger charge is -2.16. The van der Waals surface area contributed by atoms with Crippen LogP contribution in [0.4, 0.5) is 0 Å². The smallest absolute Gasteiger partial charge is 0.311 e. The molecule has 2 heteroatoms. The Kier molecular flexibility index (Phi) is 3.79. The summed E-state index contributed by atoms with van der Waals surface area (Å²) in [6, 6.07) is 0. The van der Waals surface area contributed by atoms with Crippen LogP contribution >= 0.6 is 0 Å². The lowest BCUT2D eigenvalue weighted by atomic mass is 9.97. The van der Waals surface area contributed by atoms with Gasteiger partial charge >= 0.3 is 5.97 Å². The van der Waals surface area contributed by atoms with E-state index in [1.807, 2.05) is 20.8 Å². The first-order chi connectivity index (χ1) is 8.00. The molecule has 2 saturated carbocycles. The Hall–Kier alpha value is -0.530. The zero-order valence-corrected chi connectivity index (χ0v) is 11.5. The van der Waals surface area contributed by atoms with Gasteiger partial charge in [-0.25, -0.2) is 0 Å². The zero-order valence-electron chi connectivity index (χ0n) is 11.5. The Morgan fingerprint density at radius 1 is 1.06 bits per heavy atom. The van der Waals surface area contributed by atoms with Gasteiger partial charge in [0.15, 0.2) is 0 Å². The third kappa shape index (κ3) is 3.23. The van der Waals surface area contributed by atoms with E-state index < -0.39 is 0 Å². The van der Waals surface area contributed by atoms with Crippen molar-refractivity contribution in [3.8, 4) is 0 Å². The molecule has 1 unspecified atom stereocenters. The van der Waals surface area contributed by atoms with Crippen molar-refractivity contribution in [1.29, 1.82) is 0 Å². The fourth-order valence-corrected chi connectivity index (χ4v) is 3.13. The number of hydrogen-bond donors (Lipinski definition) is 0. The van der Waals surface area contributed by atoms with Gasteiger partial charge in [-0.15, -0.1) is 0 Å². The molecule has 98 valence electrons. The highest BCUT2D eigenvalue weighted by Crippen LogP contribution is 2.53. The van der Waals surface area contributed by atoms with Crippen molar-refractivity contribution in [2.45, 2.75) is 59.3 Å². The van der Waals surface area contributed by atoms with Gasteiger partial charge in [0.05, 0.1) is 12.0 Å². The summed E-state index contributed by atoms with van der Waals surface area (Å²) in [5.41, 5.74) is -0.353. The second kappa shape index (κ2) is 4.99. The molecular formula is C15H26O2. The van der Waals surface area contributed by atoms with Crippen LogP contribution < -0.4 is 0 Å². The largest absolute Gasteiger partial charge is 0.465 e. The second-order valence-electron chi connectivity index (χ2n) is 6.83. The summed E-state index contributed by atoms with van der Waals surface area (Å²) >= 11 is 0. The summed E-state index contributed by atoms with van der Waals surface area (Å²) in [4.78, 5) is 11.7. The Balaban J connectivity index is 1.76. The normalized spacial score (nSPS) is 33.2. The van der Waals surface area contributed by atoms with Gasteiger partial charge in [-0.1, -0.05) is 25.7 Å². The van der Waals surface area contributed by atoms with E-state index in [1.165, 1.54) is 38.5 Å². The first-order valence-corrected chi connectivity index (χ1v) is 7.17. The molecule has 0 radical (unpaired) electrons. The minimum absolute atomic E-state index is 0.0447. The van der Waals surface area contributed by atoms with Crippen LogP contribution in [0.1, 0.15) is 59.3 Å². The average Bonchev–Trinajstić information content (AvgIpc) is 2.83. The summed E-state index contributed by atoms with van der Waals surface area (Å²) in [6.45, 7) is 6.44. The van der Waals surface area contributed by atoms with E-state index in [-0.39, 0.29) is 11.4 Å². The molecule has 0 bridgehead atoms. The Bertz CT molecular complexity index is 263. The lowest BCUT2D eigenvalue weighted by Crippen LogP contribution is -2.24. The van der Waals surface area contributed by atoms with Crippen LogP contribution in [-0.4, -0.2) is 12.6 Å². The number of ether oxygens (including phenoxy) is 1. The molecule has 0 amide bonds. The quantitative estimate of drug-likeness (QED) is 0.684. The SMILES string of the molecule is CC(C)(C)C(=O)OCC1[C@H]2CCCCCC[C@@H]12. The summed E-state index contributed by atoms with van der Waals surface area (Å²) in [7, 11) is 0. The molecule has 2 fully saturated rings. The predicted octanol–water partition coefficient (Wildman–Crippen LogP) is 3.79. The third-order valence-electron chi connectivity index (χ3n) is 4.35. The van der Waals surface area contributed by atoms with E-state index in [0.717, 1.165) is 11.8 Å². The topological polar surface area (TPSA) is 26.3 Å². The number of fused-ring (bicyclic) bond motifs is 1. The van der Waals surface area contributed by atoms with Crippen molar-refractivity contribution in [2.24, 2.45) is 23.2 Å². The highest BCUT2D eigenvalue weighted by molar-refractivity contribution is 5.75. The molecular weight excluding hydrogens is 212 g/mol. The fourth-order valence-electron chi connectivity index (χ4n) is 3.13. The monoisotopic (exact) mass is 238 g/mol. The summed E-state index contributed by atoms with van der Waals surface area (Å²) in [5, 5.41) is 0. The summed E-state index contributed by atoms with van der Waals surface area (Å²) in [6.07, 6.45) is 8.29. The highest BCUT2D eigenvalue weighted by Gasteiger charge is 2.49. The third-order valence-corrected chi connectivity index (χ3v) is 4.35. The van der Waals surface area contributed by atoms with E-state index in [4.69, 9.17) is 4.74 Å². The van der Waals surface area contributed by atoms with Gasteiger partial charge in [0.1, 0.15) is 0 Å². The molecule has 0 aromatic carbocycles. The first-order valence-electron chi connectivity index (χ1n) is 7.17. The van der Waals surface area contributed by atoms with Crippen molar-refractivity contribution in [1.82, 2.24) is 0 Å². The van der Waals surface area contributed by atoms with Crippen LogP contribution in [0.3, 0.4) is 0 Å². The molecule has 17 heavy (non-hydrogen) atoms. The molecule has 0 heterocycles. The Morgan fingerprint density at radius 3 is 2.06 bits per heavy atom. The van der Waals surface area contributed by atoms with Gasteiger partial charge in [-0.3, -0.25) is 4.79 Å². The molecule has 0 aromatic heterocycles. The fraction of sp³-hybridized carbons (Fsp3) is 0.933. The second-order valence-corrected chi connectivity index (χ2v) is 6.83. The Labute approximate surface area is 105 Å². The van der Waals surface area contributed by atoms with E-state index in [1.54, 1.807) is 0 Å². The molecule has 0 N–H and O–H groups in total. The molecule has 0 saturated heterocycles. The lowest BCUT2D eigenvalue weighted by molar-refractivity contribution is -0.153. The maximum absolute atomic E-state index is 11.7. The van der Waals surface area contributed by atoms with Gasteiger partial charge in [0.2, 0.25) is 0 Å². The van der Waals surface area contributed by atoms with E-state index in [9.17, 15) is 4.79 Å². The van der Waals surface area contributed by atoms with E-state index in [0.29, 0.717) is 12.5 Å². The Morgan fingerprint density at radius 2 is 1.59 bits per heavy atom. The van der Waals surface area contributed by atoms with Crippen molar-refractivity contribution in [3.63, 3.8) is 0 Å². The van der Waals surface area contributed by atoms with Gasteiger partial charge in [-0.05, 0) is 51.4 Å². The minimum atomic E-state index is -0.353.